The smallest absolute Gasteiger partial charge is 0.256 e. The molecular weight excluding hydrogens is 418 g/mol. The van der Waals surface area contributed by atoms with E-state index in [0.29, 0.717) is 12.1 Å². The molecule has 0 bridgehead atoms. The molecule has 0 unspecified atom stereocenters. The Morgan fingerprint density at radius 1 is 1.06 bits per heavy atom. The van der Waals surface area contributed by atoms with Crippen LogP contribution in [0.15, 0.2) is 70.8 Å². The van der Waals surface area contributed by atoms with Gasteiger partial charge in [-0.3, -0.25) is 9.20 Å². The summed E-state index contributed by atoms with van der Waals surface area (Å²) in [6, 6.07) is 16.0. The molecule has 4 heterocycles. The molecule has 3 aromatic heterocycles. The Labute approximate surface area is 191 Å². The van der Waals surface area contributed by atoms with Crippen LogP contribution < -0.4 is 0 Å². The van der Waals surface area contributed by atoms with Gasteiger partial charge in [0.1, 0.15) is 10.9 Å². The topological polar surface area (TPSA) is 63.4 Å². The van der Waals surface area contributed by atoms with E-state index in [1.807, 2.05) is 45.8 Å². The van der Waals surface area contributed by atoms with E-state index in [1.165, 1.54) is 11.1 Å². The number of carbonyl (C=O) groups excluding carboxylic acids is 1. The van der Waals surface area contributed by atoms with Gasteiger partial charge in [0.15, 0.2) is 5.65 Å². The van der Waals surface area contributed by atoms with Gasteiger partial charge < -0.3 is 4.90 Å². The average Bonchev–Trinajstić information content (AvgIpc) is 3.26. The zero-order valence-corrected chi connectivity index (χ0v) is 19.0. The number of benzene rings is 1. The third-order valence-electron chi connectivity index (χ3n) is 6.11. The lowest BCUT2D eigenvalue weighted by Gasteiger charge is -2.32. The number of aryl methyl sites for hydroxylation is 2. The van der Waals surface area contributed by atoms with E-state index in [9.17, 15) is 4.79 Å². The number of likely N-dealkylation sites (tertiary alicyclic amines) is 1. The molecule has 1 aliphatic heterocycles. The van der Waals surface area contributed by atoms with Crippen LogP contribution in [0, 0.1) is 13.8 Å². The third-order valence-corrected chi connectivity index (χ3v) is 7.12. The van der Waals surface area contributed by atoms with Gasteiger partial charge in [0.2, 0.25) is 0 Å². The molecule has 5 rings (SSSR count). The van der Waals surface area contributed by atoms with Gasteiger partial charge >= 0.3 is 0 Å². The minimum absolute atomic E-state index is 0.0305. The normalized spacial score (nSPS) is 16.4. The summed E-state index contributed by atoms with van der Waals surface area (Å²) < 4.78 is 2.03. The average molecular weight is 444 g/mol. The Morgan fingerprint density at radius 2 is 1.97 bits per heavy atom. The minimum atomic E-state index is 0.0305. The Bertz CT molecular complexity index is 1280. The molecule has 1 atom stereocenters. The molecule has 1 fully saturated rings. The molecule has 0 spiro atoms. The first-order chi connectivity index (χ1) is 15.6. The van der Waals surface area contributed by atoms with Crippen LogP contribution in [0.3, 0.4) is 0 Å². The second-order valence-electron chi connectivity index (χ2n) is 8.28. The standard InChI is InChI=1S/C25H25N5OS/c1-17-10-11-20(15-18(17)2)32-24-21(8-5-12-26-24)25(31)29-13-6-7-19(16-29)23-28-27-22-9-3-4-14-30(22)23/h3-5,8-12,14-15,19H,6-7,13,16H2,1-2H3/t19-/m1/s1. The van der Waals surface area contributed by atoms with Crippen LogP contribution in [0.2, 0.25) is 0 Å². The number of carbonyl (C=O) groups is 1. The number of amides is 1. The summed E-state index contributed by atoms with van der Waals surface area (Å²) in [4.78, 5) is 21.1. The van der Waals surface area contributed by atoms with Crippen molar-refractivity contribution in [1.82, 2.24) is 24.5 Å². The van der Waals surface area contributed by atoms with Crippen molar-refractivity contribution in [2.75, 3.05) is 13.1 Å². The van der Waals surface area contributed by atoms with E-state index in [0.717, 1.165) is 40.8 Å². The van der Waals surface area contributed by atoms with Gasteiger partial charge in [0.25, 0.3) is 5.91 Å². The van der Waals surface area contributed by atoms with Crippen molar-refractivity contribution >= 4 is 23.3 Å². The van der Waals surface area contributed by atoms with Crippen LogP contribution in [-0.2, 0) is 0 Å². The summed E-state index contributed by atoms with van der Waals surface area (Å²) in [7, 11) is 0. The lowest BCUT2D eigenvalue weighted by atomic mass is 9.96. The molecule has 1 aliphatic rings. The number of hydrogen-bond donors (Lipinski definition) is 0. The fraction of sp³-hybridized carbons (Fsp3) is 0.280. The first-order valence-corrected chi connectivity index (χ1v) is 11.7. The molecular formula is C25H25N5OS. The molecule has 0 radical (unpaired) electrons. The number of aromatic nitrogens is 4. The number of fused-ring (bicyclic) bond motifs is 1. The van der Waals surface area contributed by atoms with Crippen molar-refractivity contribution in [3.8, 4) is 0 Å². The van der Waals surface area contributed by atoms with Gasteiger partial charge in [-0.1, -0.05) is 23.9 Å². The Balaban J connectivity index is 1.39. The zero-order chi connectivity index (χ0) is 22.1. The molecule has 1 aromatic carbocycles. The highest BCUT2D eigenvalue weighted by Crippen LogP contribution is 2.32. The highest BCUT2D eigenvalue weighted by molar-refractivity contribution is 7.99. The quantitative estimate of drug-likeness (QED) is 0.448. The lowest BCUT2D eigenvalue weighted by Crippen LogP contribution is -2.39. The molecule has 32 heavy (non-hydrogen) atoms. The van der Waals surface area contributed by atoms with E-state index in [4.69, 9.17) is 0 Å². The minimum Gasteiger partial charge on any atom is -0.338 e. The number of hydrogen-bond acceptors (Lipinski definition) is 5. The van der Waals surface area contributed by atoms with Gasteiger partial charge in [-0.05, 0) is 74.2 Å². The van der Waals surface area contributed by atoms with Crippen molar-refractivity contribution < 1.29 is 4.79 Å². The second-order valence-corrected chi connectivity index (χ2v) is 9.34. The summed E-state index contributed by atoms with van der Waals surface area (Å²) in [5.74, 6) is 1.12. The Kier molecular flexibility index (Phi) is 5.66. The van der Waals surface area contributed by atoms with Crippen LogP contribution in [-0.4, -0.2) is 43.5 Å². The second kappa shape index (κ2) is 8.74. The van der Waals surface area contributed by atoms with E-state index in [-0.39, 0.29) is 11.8 Å². The first kappa shape index (κ1) is 20.7. The van der Waals surface area contributed by atoms with E-state index in [2.05, 4.69) is 47.2 Å². The predicted molar refractivity (Wildman–Crippen MR) is 125 cm³/mol. The number of piperidine rings is 1. The van der Waals surface area contributed by atoms with Crippen molar-refractivity contribution in [3.63, 3.8) is 0 Å². The third kappa shape index (κ3) is 4.00. The fourth-order valence-electron chi connectivity index (χ4n) is 4.20. The summed E-state index contributed by atoms with van der Waals surface area (Å²) >= 11 is 1.54. The largest absolute Gasteiger partial charge is 0.338 e. The van der Waals surface area contributed by atoms with Crippen molar-refractivity contribution in [2.45, 2.75) is 42.5 Å². The number of nitrogens with zero attached hydrogens (tertiary/aromatic N) is 5. The van der Waals surface area contributed by atoms with Gasteiger partial charge in [-0.15, -0.1) is 10.2 Å². The van der Waals surface area contributed by atoms with Crippen molar-refractivity contribution in [1.29, 1.82) is 0 Å². The van der Waals surface area contributed by atoms with Gasteiger partial charge in [-0.25, -0.2) is 4.98 Å². The highest BCUT2D eigenvalue weighted by atomic mass is 32.2. The molecule has 4 aromatic rings. The van der Waals surface area contributed by atoms with Crippen molar-refractivity contribution in [2.24, 2.45) is 0 Å². The molecule has 0 aliphatic carbocycles. The SMILES string of the molecule is Cc1ccc(Sc2ncccc2C(=O)N2CCC[C@@H](c3nnc4ccccn34)C2)cc1C. The Hall–Kier alpha value is -3.19. The zero-order valence-electron chi connectivity index (χ0n) is 18.2. The van der Waals surface area contributed by atoms with Gasteiger partial charge in [0, 0.05) is 36.3 Å². The van der Waals surface area contributed by atoms with E-state index < -0.39 is 0 Å². The molecule has 1 saturated heterocycles. The summed E-state index contributed by atoms with van der Waals surface area (Å²) in [6.45, 7) is 5.59. The number of rotatable bonds is 4. The maximum absolute atomic E-state index is 13.5. The molecule has 6 nitrogen and oxygen atoms in total. The van der Waals surface area contributed by atoms with Crippen LogP contribution >= 0.6 is 11.8 Å². The fourth-order valence-corrected chi connectivity index (χ4v) is 5.18. The van der Waals surface area contributed by atoms with Crippen LogP contribution in [0.4, 0.5) is 0 Å². The number of pyridine rings is 2. The summed E-state index contributed by atoms with van der Waals surface area (Å²) in [6.07, 6.45) is 5.68. The molecule has 7 heteroatoms. The molecule has 0 saturated carbocycles. The Morgan fingerprint density at radius 3 is 2.84 bits per heavy atom. The summed E-state index contributed by atoms with van der Waals surface area (Å²) in [5, 5.41) is 9.47. The monoisotopic (exact) mass is 443 g/mol. The van der Waals surface area contributed by atoms with Gasteiger partial charge in [-0.2, -0.15) is 0 Å². The maximum atomic E-state index is 13.5. The molecule has 0 N–H and O–H groups in total. The van der Waals surface area contributed by atoms with Crippen LogP contribution in [0.25, 0.3) is 5.65 Å². The lowest BCUT2D eigenvalue weighted by molar-refractivity contribution is 0.0700. The molecule has 162 valence electrons. The highest BCUT2D eigenvalue weighted by Gasteiger charge is 2.29. The van der Waals surface area contributed by atoms with Gasteiger partial charge in [0.05, 0.1) is 5.56 Å². The van der Waals surface area contributed by atoms with E-state index >= 15 is 0 Å². The molecule has 1 amide bonds. The van der Waals surface area contributed by atoms with Crippen LogP contribution in [0.5, 0.6) is 0 Å². The van der Waals surface area contributed by atoms with Crippen LogP contribution in [0.1, 0.15) is 46.1 Å². The van der Waals surface area contributed by atoms with E-state index in [1.54, 1.807) is 18.0 Å². The summed E-state index contributed by atoms with van der Waals surface area (Å²) in [5.41, 5.74) is 3.98. The van der Waals surface area contributed by atoms with Crippen molar-refractivity contribution in [3.05, 3.63) is 83.4 Å². The maximum Gasteiger partial charge on any atom is 0.256 e. The predicted octanol–water partition coefficient (Wildman–Crippen LogP) is 4.91. The first-order valence-electron chi connectivity index (χ1n) is 10.9.